The van der Waals surface area contributed by atoms with E-state index in [1.807, 2.05) is 6.92 Å². The van der Waals surface area contributed by atoms with Gasteiger partial charge < -0.3 is 19.5 Å². The highest BCUT2D eigenvalue weighted by atomic mass is 16.5. The lowest BCUT2D eigenvalue weighted by Crippen LogP contribution is -2.43. The van der Waals surface area contributed by atoms with Gasteiger partial charge in [0.25, 0.3) is 0 Å². The Bertz CT molecular complexity index is 211. The van der Waals surface area contributed by atoms with E-state index in [1.165, 1.54) is 0 Å². The molecule has 1 aliphatic heterocycles. The van der Waals surface area contributed by atoms with Crippen LogP contribution in [0.3, 0.4) is 0 Å². The second-order valence-electron chi connectivity index (χ2n) is 5.12. The van der Waals surface area contributed by atoms with Gasteiger partial charge >= 0.3 is 0 Å². The van der Waals surface area contributed by atoms with Crippen LogP contribution in [-0.4, -0.2) is 61.2 Å². The van der Waals surface area contributed by atoms with E-state index in [9.17, 15) is 5.11 Å². The minimum atomic E-state index is -0.105. The first kappa shape index (κ1) is 13.3. The van der Waals surface area contributed by atoms with Gasteiger partial charge in [-0.3, -0.25) is 0 Å². The van der Waals surface area contributed by atoms with Crippen molar-refractivity contribution in [3.63, 3.8) is 0 Å². The van der Waals surface area contributed by atoms with E-state index in [2.05, 4.69) is 4.90 Å². The number of aliphatic hydroxyl groups excluding tert-OH is 1. The Balaban J connectivity index is 1.54. The fourth-order valence-electron chi connectivity index (χ4n) is 2.53. The summed E-state index contributed by atoms with van der Waals surface area (Å²) in [6.07, 6.45) is 4.55. The predicted octanol–water partition coefficient (Wildman–Crippen LogP) is 1.03. The van der Waals surface area contributed by atoms with Crippen LogP contribution in [0.1, 0.15) is 32.6 Å². The summed E-state index contributed by atoms with van der Waals surface area (Å²) in [6.45, 7) is 6.97. The third kappa shape index (κ3) is 4.21. The molecule has 0 amide bonds. The molecule has 2 rings (SSSR count). The molecular formula is C13H25NO3. The minimum absolute atomic E-state index is 0.105. The van der Waals surface area contributed by atoms with Gasteiger partial charge in [0, 0.05) is 26.2 Å². The Morgan fingerprint density at radius 2 is 1.88 bits per heavy atom. The van der Waals surface area contributed by atoms with Gasteiger partial charge in [0.1, 0.15) is 0 Å². The van der Waals surface area contributed by atoms with Crippen molar-refractivity contribution in [2.24, 2.45) is 0 Å². The van der Waals surface area contributed by atoms with Gasteiger partial charge in [-0.05, 0) is 32.6 Å². The van der Waals surface area contributed by atoms with Crippen LogP contribution in [0.15, 0.2) is 0 Å². The molecule has 2 fully saturated rings. The summed E-state index contributed by atoms with van der Waals surface area (Å²) >= 11 is 0. The van der Waals surface area contributed by atoms with E-state index in [4.69, 9.17) is 9.47 Å². The van der Waals surface area contributed by atoms with Crippen molar-refractivity contribution >= 4 is 0 Å². The molecule has 1 saturated carbocycles. The molecule has 0 aromatic rings. The SMILES string of the molecule is CCOCCN1CCC(OC2CC(O)C2)CC1. The Labute approximate surface area is 104 Å². The summed E-state index contributed by atoms with van der Waals surface area (Å²) in [5.74, 6) is 0. The number of rotatable bonds is 6. The molecule has 0 spiro atoms. The number of piperidine rings is 1. The van der Waals surface area contributed by atoms with E-state index in [0.717, 1.165) is 58.5 Å². The zero-order valence-electron chi connectivity index (χ0n) is 10.8. The summed E-state index contributed by atoms with van der Waals surface area (Å²) < 4.78 is 11.3. The van der Waals surface area contributed by atoms with Crippen molar-refractivity contribution in [1.82, 2.24) is 4.90 Å². The van der Waals surface area contributed by atoms with Crippen LogP contribution in [0.4, 0.5) is 0 Å². The Kier molecular flexibility index (Phi) is 5.22. The van der Waals surface area contributed by atoms with Crippen LogP contribution in [0.2, 0.25) is 0 Å². The van der Waals surface area contributed by atoms with E-state index in [-0.39, 0.29) is 6.10 Å². The molecule has 1 N–H and O–H groups in total. The van der Waals surface area contributed by atoms with Crippen molar-refractivity contribution in [1.29, 1.82) is 0 Å². The molecule has 0 radical (unpaired) electrons. The van der Waals surface area contributed by atoms with E-state index >= 15 is 0 Å². The van der Waals surface area contributed by atoms with Crippen LogP contribution in [-0.2, 0) is 9.47 Å². The average molecular weight is 243 g/mol. The van der Waals surface area contributed by atoms with Crippen LogP contribution >= 0.6 is 0 Å². The molecule has 1 saturated heterocycles. The minimum Gasteiger partial charge on any atom is -0.393 e. The van der Waals surface area contributed by atoms with Crippen molar-refractivity contribution in [2.75, 3.05) is 32.8 Å². The highest BCUT2D eigenvalue weighted by Crippen LogP contribution is 2.26. The highest BCUT2D eigenvalue weighted by molar-refractivity contribution is 4.82. The molecule has 1 aliphatic carbocycles. The summed E-state index contributed by atoms with van der Waals surface area (Å²) in [4.78, 5) is 2.45. The quantitative estimate of drug-likeness (QED) is 0.707. The summed E-state index contributed by atoms with van der Waals surface area (Å²) in [7, 11) is 0. The summed E-state index contributed by atoms with van der Waals surface area (Å²) in [5.41, 5.74) is 0. The van der Waals surface area contributed by atoms with Crippen molar-refractivity contribution < 1.29 is 14.6 Å². The molecule has 0 aromatic heterocycles. The molecule has 2 aliphatic rings. The summed E-state index contributed by atoms with van der Waals surface area (Å²) in [5, 5.41) is 9.21. The summed E-state index contributed by atoms with van der Waals surface area (Å²) in [6, 6.07) is 0. The standard InChI is InChI=1S/C13H25NO3/c1-2-16-8-7-14-5-3-12(4-6-14)17-13-9-11(15)10-13/h11-13,15H,2-10H2,1H3. The predicted molar refractivity (Wildman–Crippen MR) is 66.1 cm³/mol. The molecule has 4 nitrogen and oxygen atoms in total. The van der Waals surface area contributed by atoms with Crippen LogP contribution in [0, 0.1) is 0 Å². The van der Waals surface area contributed by atoms with Gasteiger partial charge in [-0.15, -0.1) is 0 Å². The van der Waals surface area contributed by atoms with E-state index in [1.54, 1.807) is 0 Å². The van der Waals surface area contributed by atoms with Crippen LogP contribution in [0.5, 0.6) is 0 Å². The zero-order chi connectivity index (χ0) is 12.1. The Hall–Kier alpha value is -0.160. The number of hydrogen-bond donors (Lipinski definition) is 1. The maximum Gasteiger partial charge on any atom is 0.0628 e. The molecule has 1 heterocycles. The van der Waals surface area contributed by atoms with Crippen LogP contribution in [0.25, 0.3) is 0 Å². The Morgan fingerprint density at radius 1 is 1.18 bits per heavy atom. The molecule has 4 heteroatoms. The second kappa shape index (κ2) is 6.69. The molecule has 17 heavy (non-hydrogen) atoms. The fraction of sp³-hybridized carbons (Fsp3) is 1.00. The zero-order valence-corrected chi connectivity index (χ0v) is 10.8. The fourth-order valence-corrected chi connectivity index (χ4v) is 2.53. The largest absolute Gasteiger partial charge is 0.393 e. The highest BCUT2D eigenvalue weighted by Gasteiger charge is 2.31. The number of nitrogens with zero attached hydrogens (tertiary/aromatic N) is 1. The molecule has 100 valence electrons. The molecule has 0 aromatic carbocycles. The normalized spacial score (nSPS) is 31.4. The smallest absolute Gasteiger partial charge is 0.0628 e. The molecule has 0 unspecified atom stereocenters. The van der Waals surface area contributed by atoms with E-state index in [0.29, 0.717) is 12.2 Å². The van der Waals surface area contributed by atoms with E-state index < -0.39 is 0 Å². The van der Waals surface area contributed by atoms with Crippen molar-refractivity contribution in [2.45, 2.75) is 50.9 Å². The Morgan fingerprint density at radius 3 is 2.47 bits per heavy atom. The lowest BCUT2D eigenvalue weighted by molar-refractivity contribution is -0.117. The van der Waals surface area contributed by atoms with Gasteiger partial charge in [-0.25, -0.2) is 0 Å². The van der Waals surface area contributed by atoms with Gasteiger partial charge in [-0.1, -0.05) is 0 Å². The topological polar surface area (TPSA) is 41.9 Å². The number of aliphatic hydroxyl groups is 1. The first-order valence-electron chi connectivity index (χ1n) is 6.91. The number of ether oxygens (including phenoxy) is 2. The maximum absolute atomic E-state index is 9.21. The van der Waals surface area contributed by atoms with Crippen LogP contribution < -0.4 is 0 Å². The van der Waals surface area contributed by atoms with Gasteiger partial charge in [0.05, 0.1) is 24.9 Å². The lowest BCUT2D eigenvalue weighted by atomic mass is 9.92. The maximum atomic E-state index is 9.21. The third-order valence-electron chi connectivity index (χ3n) is 3.75. The third-order valence-corrected chi connectivity index (χ3v) is 3.75. The monoisotopic (exact) mass is 243 g/mol. The molecule has 0 atom stereocenters. The number of likely N-dealkylation sites (tertiary alicyclic amines) is 1. The average Bonchev–Trinajstić information content (AvgIpc) is 2.30. The molecular weight excluding hydrogens is 218 g/mol. The first-order chi connectivity index (χ1) is 8.28. The van der Waals surface area contributed by atoms with Gasteiger partial charge in [0.15, 0.2) is 0 Å². The first-order valence-corrected chi connectivity index (χ1v) is 6.91. The van der Waals surface area contributed by atoms with Gasteiger partial charge in [0.2, 0.25) is 0 Å². The van der Waals surface area contributed by atoms with Crippen molar-refractivity contribution in [3.05, 3.63) is 0 Å². The lowest BCUT2D eigenvalue weighted by Gasteiger charge is -2.38. The molecule has 0 bridgehead atoms. The number of hydrogen-bond acceptors (Lipinski definition) is 4. The van der Waals surface area contributed by atoms with Gasteiger partial charge in [-0.2, -0.15) is 0 Å². The van der Waals surface area contributed by atoms with Crippen molar-refractivity contribution in [3.8, 4) is 0 Å². The second-order valence-corrected chi connectivity index (χ2v) is 5.12.